The molecular formula is C19H17FN4O4. The molecule has 2 aromatic rings. The molecule has 0 aromatic heterocycles. The van der Waals surface area contributed by atoms with E-state index in [0.29, 0.717) is 22.7 Å². The number of hydrogen-bond acceptors (Lipinski definition) is 7. The number of methoxy groups -OCH3 is 2. The second-order valence-electron chi connectivity index (χ2n) is 6.33. The van der Waals surface area contributed by atoms with Crippen LogP contribution in [-0.2, 0) is 16.1 Å². The van der Waals surface area contributed by atoms with Gasteiger partial charge in [-0.15, -0.1) is 0 Å². The summed E-state index contributed by atoms with van der Waals surface area (Å²) in [6.07, 6.45) is 0. The number of ether oxygens (including phenoxy) is 2. The third kappa shape index (κ3) is 2.75. The second kappa shape index (κ2) is 6.91. The van der Waals surface area contributed by atoms with Crippen molar-refractivity contribution < 1.29 is 23.5 Å². The zero-order chi connectivity index (χ0) is 19.8. The van der Waals surface area contributed by atoms with E-state index < -0.39 is 29.7 Å². The van der Waals surface area contributed by atoms with Gasteiger partial charge in [0.2, 0.25) is 0 Å². The summed E-state index contributed by atoms with van der Waals surface area (Å²) in [4.78, 5) is 26.9. The molecule has 4 rings (SSSR count). The van der Waals surface area contributed by atoms with Crippen LogP contribution in [-0.4, -0.2) is 43.1 Å². The molecule has 2 aliphatic rings. The van der Waals surface area contributed by atoms with Crippen LogP contribution >= 0.6 is 0 Å². The molecule has 2 aromatic carbocycles. The summed E-state index contributed by atoms with van der Waals surface area (Å²) < 4.78 is 24.4. The molecule has 0 spiro atoms. The molecule has 1 fully saturated rings. The number of fused-ring (bicyclic) bond motifs is 1. The van der Waals surface area contributed by atoms with E-state index in [9.17, 15) is 14.0 Å². The Morgan fingerprint density at radius 3 is 2.50 bits per heavy atom. The average Bonchev–Trinajstić information content (AvgIpc) is 3.23. The number of nitrogens with zero attached hydrogens (tertiary/aromatic N) is 4. The van der Waals surface area contributed by atoms with Crippen LogP contribution in [0.1, 0.15) is 5.56 Å². The quantitative estimate of drug-likeness (QED) is 0.739. The first-order valence-electron chi connectivity index (χ1n) is 8.56. The fourth-order valence-electron chi connectivity index (χ4n) is 3.37. The predicted molar refractivity (Wildman–Crippen MR) is 96.4 cm³/mol. The van der Waals surface area contributed by atoms with Crippen molar-refractivity contribution in [2.24, 2.45) is 10.3 Å². The molecule has 0 bridgehead atoms. The molecule has 28 heavy (non-hydrogen) atoms. The normalized spacial score (nSPS) is 20.7. The maximum absolute atomic E-state index is 14.0. The van der Waals surface area contributed by atoms with Gasteiger partial charge in [0.1, 0.15) is 5.82 Å². The number of halogens is 1. The summed E-state index contributed by atoms with van der Waals surface area (Å²) in [5, 5.41) is 9.23. The first-order chi connectivity index (χ1) is 13.5. The van der Waals surface area contributed by atoms with Gasteiger partial charge < -0.3 is 9.47 Å². The van der Waals surface area contributed by atoms with E-state index >= 15 is 0 Å². The van der Waals surface area contributed by atoms with Crippen LogP contribution in [0.15, 0.2) is 52.8 Å². The highest BCUT2D eigenvalue weighted by Crippen LogP contribution is 2.37. The van der Waals surface area contributed by atoms with Crippen molar-refractivity contribution in [1.82, 2.24) is 5.01 Å². The number of amides is 2. The molecule has 0 N–H and O–H groups in total. The minimum absolute atomic E-state index is 0.0378. The topological polar surface area (TPSA) is 83.8 Å². The van der Waals surface area contributed by atoms with Crippen molar-refractivity contribution in [2.75, 3.05) is 19.1 Å². The third-order valence-electron chi connectivity index (χ3n) is 4.77. The lowest BCUT2D eigenvalue weighted by molar-refractivity contribution is -0.123. The van der Waals surface area contributed by atoms with Crippen LogP contribution in [0.25, 0.3) is 0 Å². The summed E-state index contributed by atoms with van der Waals surface area (Å²) in [6.45, 7) is 0.0378. The molecule has 2 aliphatic heterocycles. The predicted octanol–water partition coefficient (Wildman–Crippen LogP) is 2.34. The zero-order valence-corrected chi connectivity index (χ0v) is 15.2. The van der Waals surface area contributed by atoms with Gasteiger partial charge in [-0.1, -0.05) is 23.4 Å². The van der Waals surface area contributed by atoms with Gasteiger partial charge in [0.05, 0.1) is 26.5 Å². The van der Waals surface area contributed by atoms with E-state index in [1.54, 1.807) is 36.4 Å². The first kappa shape index (κ1) is 17.9. The standard InChI is InChI=1S/C19H17FN4O4/c1-27-14-8-7-12(9-15(14)28-2)24-18(25)16-17(19(24)26)23(22-21-16)10-11-5-3-4-6-13(11)20/h3-9,16-17H,10H2,1-2H3. The molecule has 0 radical (unpaired) electrons. The maximum atomic E-state index is 14.0. The molecule has 144 valence electrons. The highest BCUT2D eigenvalue weighted by atomic mass is 19.1. The Kier molecular flexibility index (Phi) is 4.42. The fraction of sp³-hybridized carbons (Fsp3) is 0.263. The van der Waals surface area contributed by atoms with Gasteiger partial charge in [0.25, 0.3) is 11.8 Å². The van der Waals surface area contributed by atoms with E-state index in [4.69, 9.17) is 9.47 Å². The number of rotatable bonds is 5. The molecule has 2 amide bonds. The second-order valence-corrected chi connectivity index (χ2v) is 6.33. The number of hydrogen-bond donors (Lipinski definition) is 0. The minimum atomic E-state index is -0.952. The molecule has 2 atom stereocenters. The lowest BCUT2D eigenvalue weighted by Crippen LogP contribution is -2.39. The maximum Gasteiger partial charge on any atom is 0.263 e. The van der Waals surface area contributed by atoms with Gasteiger partial charge in [-0.05, 0) is 18.2 Å². The monoisotopic (exact) mass is 384 g/mol. The van der Waals surface area contributed by atoms with Crippen molar-refractivity contribution in [3.63, 3.8) is 0 Å². The highest BCUT2D eigenvalue weighted by Gasteiger charge is 2.54. The number of carbonyl (C=O) groups excluding carboxylic acids is 2. The van der Waals surface area contributed by atoms with Gasteiger partial charge in [0, 0.05) is 11.6 Å². The Hall–Kier alpha value is -3.49. The summed E-state index contributed by atoms with van der Waals surface area (Å²) in [6, 6.07) is 9.11. The van der Waals surface area contributed by atoms with Crippen LogP contribution in [0, 0.1) is 5.82 Å². The molecule has 0 aliphatic carbocycles. The first-order valence-corrected chi connectivity index (χ1v) is 8.56. The molecule has 8 nitrogen and oxygen atoms in total. The SMILES string of the molecule is COc1ccc(N2C(=O)C3N=NN(Cc4ccccc4F)C3C2=O)cc1OC. The van der Waals surface area contributed by atoms with Crippen molar-refractivity contribution in [3.05, 3.63) is 53.8 Å². The van der Waals surface area contributed by atoms with E-state index in [-0.39, 0.29) is 6.54 Å². The summed E-state index contributed by atoms with van der Waals surface area (Å²) in [5.41, 5.74) is 0.718. The third-order valence-corrected chi connectivity index (χ3v) is 4.77. The minimum Gasteiger partial charge on any atom is -0.493 e. The van der Waals surface area contributed by atoms with Crippen LogP contribution < -0.4 is 14.4 Å². The smallest absolute Gasteiger partial charge is 0.263 e. The van der Waals surface area contributed by atoms with Crippen molar-refractivity contribution in [2.45, 2.75) is 18.6 Å². The van der Waals surface area contributed by atoms with Gasteiger partial charge in [-0.3, -0.25) is 14.6 Å². The van der Waals surface area contributed by atoms with E-state index in [0.717, 1.165) is 4.90 Å². The summed E-state index contributed by atoms with van der Waals surface area (Å²) >= 11 is 0. The average molecular weight is 384 g/mol. The van der Waals surface area contributed by atoms with Gasteiger partial charge >= 0.3 is 0 Å². The summed E-state index contributed by atoms with van der Waals surface area (Å²) in [7, 11) is 2.96. The van der Waals surface area contributed by atoms with Gasteiger partial charge in [0.15, 0.2) is 23.6 Å². The Balaban J connectivity index is 1.62. The Morgan fingerprint density at radius 1 is 1.04 bits per heavy atom. The number of carbonyl (C=O) groups is 2. The lowest BCUT2D eigenvalue weighted by atomic mass is 10.1. The molecule has 1 saturated heterocycles. The number of imide groups is 1. The van der Waals surface area contributed by atoms with Gasteiger partial charge in [-0.25, -0.2) is 9.29 Å². The van der Waals surface area contributed by atoms with Crippen LogP contribution in [0.4, 0.5) is 10.1 Å². The fourth-order valence-corrected chi connectivity index (χ4v) is 3.37. The summed E-state index contributed by atoms with van der Waals surface area (Å²) in [5.74, 6) is -0.492. The largest absolute Gasteiger partial charge is 0.493 e. The molecular weight excluding hydrogens is 367 g/mol. The molecule has 2 unspecified atom stereocenters. The van der Waals surface area contributed by atoms with E-state index in [2.05, 4.69) is 10.3 Å². The van der Waals surface area contributed by atoms with Crippen molar-refractivity contribution >= 4 is 17.5 Å². The molecule has 2 heterocycles. The lowest BCUT2D eigenvalue weighted by Gasteiger charge is -2.21. The Bertz CT molecular complexity index is 980. The van der Waals surface area contributed by atoms with Crippen LogP contribution in [0.2, 0.25) is 0 Å². The van der Waals surface area contributed by atoms with Crippen molar-refractivity contribution in [1.29, 1.82) is 0 Å². The van der Waals surface area contributed by atoms with Gasteiger partial charge in [-0.2, -0.15) is 5.11 Å². The number of anilines is 1. The molecule has 0 saturated carbocycles. The van der Waals surface area contributed by atoms with Crippen LogP contribution in [0.5, 0.6) is 11.5 Å². The molecule has 9 heteroatoms. The van der Waals surface area contributed by atoms with Crippen molar-refractivity contribution in [3.8, 4) is 11.5 Å². The van der Waals surface area contributed by atoms with E-state index in [1.807, 2.05) is 0 Å². The number of benzene rings is 2. The van der Waals surface area contributed by atoms with E-state index in [1.165, 1.54) is 25.3 Å². The Labute approximate surface area is 160 Å². The highest BCUT2D eigenvalue weighted by molar-refractivity contribution is 6.25. The van der Waals surface area contributed by atoms with Crippen LogP contribution in [0.3, 0.4) is 0 Å². The Morgan fingerprint density at radius 2 is 1.79 bits per heavy atom. The zero-order valence-electron chi connectivity index (χ0n) is 15.2.